The number of carbonyl (C=O) groups excluding carboxylic acids is 1. The normalized spacial score (nSPS) is 24.5. The van der Waals surface area contributed by atoms with E-state index in [-0.39, 0.29) is 5.91 Å². The summed E-state index contributed by atoms with van der Waals surface area (Å²) in [5, 5.41) is 11.1. The number of benzene rings is 1. The maximum absolute atomic E-state index is 11.5. The van der Waals surface area contributed by atoms with Gasteiger partial charge in [-0.3, -0.25) is 14.8 Å². The molecule has 0 bridgehead atoms. The molecule has 2 N–H and O–H groups in total. The standard InChI is InChI=1S/C17H19ClN4O/c18-14-3-1-11(2-4-14)17-13(8-19-21-17)10-22-6-5-15-12(9-22)7-16(23)20-15/h1-4,8,12,15H,5-7,9-10H2,(H,19,21)(H,20,23)/t12-,15+/m1/s1. The van der Waals surface area contributed by atoms with Gasteiger partial charge in [-0.15, -0.1) is 0 Å². The molecule has 0 spiro atoms. The van der Waals surface area contributed by atoms with Gasteiger partial charge in [-0.1, -0.05) is 23.7 Å². The van der Waals surface area contributed by atoms with E-state index < -0.39 is 0 Å². The van der Waals surface area contributed by atoms with E-state index in [4.69, 9.17) is 11.6 Å². The molecule has 120 valence electrons. The highest BCUT2D eigenvalue weighted by Gasteiger charge is 2.36. The molecule has 2 aromatic rings. The van der Waals surface area contributed by atoms with Crippen LogP contribution >= 0.6 is 11.6 Å². The number of hydrogen-bond donors (Lipinski definition) is 2. The Bertz CT molecular complexity index is 712. The lowest BCUT2D eigenvalue weighted by molar-refractivity contribution is -0.119. The molecule has 1 aromatic heterocycles. The van der Waals surface area contributed by atoms with E-state index in [1.54, 1.807) is 0 Å². The summed E-state index contributed by atoms with van der Waals surface area (Å²) in [6.45, 7) is 2.83. The van der Waals surface area contributed by atoms with Gasteiger partial charge >= 0.3 is 0 Å². The van der Waals surface area contributed by atoms with Gasteiger partial charge in [0.1, 0.15) is 0 Å². The summed E-state index contributed by atoms with van der Waals surface area (Å²) in [7, 11) is 0. The van der Waals surface area contributed by atoms with Gasteiger partial charge in [0.25, 0.3) is 0 Å². The predicted molar refractivity (Wildman–Crippen MR) is 89.0 cm³/mol. The van der Waals surface area contributed by atoms with Crippen LogP contribution in [0.15, 0.2) is 30.5 Å². The summed E-state index contributed by atoms with van der Waals surface area (Å²) in [4.78, 5) is 14.0. The van der Waals surface area contributed by atoms with Crippen LogP contribution in [-0.2, 0) is 11.3 Å². The van der Waals surface area contributed by atoms with Gasteiger partial charge in [0.15, 0.2) is 0 Å². The lowest BCUT2D eigenvalue weighted by Crippen LogP contribution is -2.44. The minimum absolute atomic E-state index is 0.201. The van der Waals surface area contributed by atoms with Crippen molar-refractivity contribution in [3.8, 4) is 11.3 Å². The summed E-state index contributed by atoms with van der Waals surface area (Å²) in [6.07, 6.45) is 3.59. The zero-order chi connectivity index (χ0) is 15.8. The Balaban J connectivity index is 1.49. The Hall–Kier alpha value is -1.85. The first-order chi connectivity index (χ1) is 11.2. The molecular weight excluding hydrogens is 312 g/mol. The van der Waals surface area contributed by atoms with Crippen molar-refractivity contribution in [2.24, 2.45) is 5.92 Å². The largest absolute Gasteiger partial charge is 0.353 e. The van der Waals surface area contributed by atoms with E-state index >= 15 is 0 Å². The molecule has 1 amide bonds. The van der Waals surface area contributed by atoms with Crippen LogP contribution in [0.25, 0.3) is 11.3 Å². The Kier molecular flexibility index (Phi) is 3.83. The summed E-state index contributed by atoms with van der Waals surface area (Å²) in [5.41, 5.74) is 3.32. The third-order valence-corrected chi connectivity index (χ3v) is 5.11. The van der Waals surface area contributed by atoms with Crippen molar-refractivity contribution in [1.82, 2.24) is 20.4 Å². The highest BCUT2D eigenvalue weighted by molar-refractivity contribution is 6.30. The van der Waals surface area contributed by atoms with Gasteiger partial charge in [0, 0.05) is 48.6 Å². The molecule has 2 fully saturated rings. The zero-order valence-corrected chi connectivity index (χ0v) is 13.5. The van der Waals surface area contributed by atoms with Crippen molar-refractivity contribution in [3.63, 3.8) is 0 Å². The van der Waals surface area contributed by atoms with Crippen molar-refractivity contribution in [1.29, 1.82) is 0 Å². The summed E-state index contributed by atoms with van der Waals surface area (Å²) >= 11 is 5.96. The third kappa shape index (κ3) is 2.99. The number of aromatic amines is 1. The number of aromatic nitrogens is 2. The fourth-order valence-corrected chi connectivity index (χ4v) is 3.82. The molecule has 23 heavy (non-hydrogen) atoms. The molecule has 2 aliphatic rings. The Morgan fingerprint density at radius 1 is 1.30 bits per heavy atom. The number of H-pyrrole nitrogens is 1. The summed E-state index contributed by atoms with van der Waals surface area (Å²) in [5.74, 6) is 0.647. The molecule has 0 unspecified atom stereocenters. The quantitative estimate of drug-likeness (QED) is 0.908. The first-order valence-electron chi connectivity index (χ1n) is 7.99. The fraction of sp³-hybridized carbons (Fsp3) is 0.412. The SMILES string of the molecule is O=C1C[C@@H]2CN(Cc3cn[nH]c3-c3ccc(Cl)cc3)CC[C@@H]2N1. The van der Waals surface area contributed by atoms with Crippen LogP contribution < -0.4 is 5.32 Å². The highest BCUT2D eigenvalue weighted by atomic mass is 35.5. The van der Waals surface area contributed by atoms with E-state index in [1.807, 2.05) is 30.5 Å². The molecular formula is C17H19ClN4O. The molecule has 1 aromatic carbocycles. The smallest absolute Gasteiger partial charge is 0.220 e. The second-order valence-electron chi connectivity index (χ2n) is 6.44. The molecule has 2 saturated heterocycles. The molecule has 0 saturated carbocycles. The van der Waals surface area contributed by atoms with Gasteiger partial charge in [0.05, 0.1) is 11.9 Å². The van der Waals surface area contributed by atoms with E-state index in [1.165, 1.54) is 5.56 Å². The van der Waals surface area contributed by atoms with Crippen molar-refractivity contribution < 1.29 is 4.79 Å². The molecule has 6 heteroatoms. The van der Waals surface area contributed by atoms with Crippen LogP contribution in [0, 0.1) is 5.92 Å². The van der Waals surface area contributed by atoms with E-state index in [9.17, 15) is 4.79 Å². The Labute approximate surface area is 140 Å². The van der Waals surface area contributed by atoms with Gasteiger partial charge in [-0.2, -0.15) is 5.10 Å². The van der Waals surface area contributed by atoms with Crippen LogP contribution in [0.2, 0.25) is 5.02 Å². The zero-order valence-electron chi connectivity index (χ0n) is 12.8. The summed E-state index contributed by atoms with van der Waals surface area (Å²) < 4.78 is 0. The molecule has 4 rings (SSSR count). The van der Waals surface area contributed by atoms with Crippen molar-refractivity contribution >= 4 is 17.5 Å². The van der Waals surface area contributed by atoms with E-state index in [2.05, 4.69) is 20.4 Å². The average Bonchev–Trinajstić information content (AvgIpc) is 3.13. The first-order valence-corrected chi connectivity index (χ1v) is 8.37. The second kappa shape index (κ2) is 5.98. The van der Waals surface area contributed by atoms with Crippen LogP contribution in [0.5, 0.6) is 0 Å². The molecule has 0 radical (unpaired) electrons. The average molecular weight is 331 g/mol. The minimum Gasteiger partial charge on any atom is -0.353 e. The maximum atomic E-state index is 11.5. The maximum Gasteiger partial charge on any atom is 0.220 e. The second-order valence-corrected chi connectivity index (χ2v) is 6.88. The van der Waals surface area contributed by atoms with Crippen LogP contribution in [0.1, 0.15) is 18.4 Å². The number of fused-ring (bicyclic) bond motifs is 1. The molecule has 3 heterocycles. The third-order valence-electron chi connectivity index (χ3n) is 4.86. The Morgan fingerprint density at radius 2 is 2.13 bits per heavy atom. The van der Waals surface area contributed by atoms with Crippen molar-refractivity contribution in [2.75, 3.05) is 13.1 Å². The van der Waals surface area contributed by atoms with E-state index in [0.29, 0.717) is 18.4 Å². The van der Waals surface area contributed by atoms with Crippen LogP contribution in [-0.4, -0.2) is 40.1 Å². The highest BCUT2D eigenvalue weighted by Crippen LogP contribution is 2.28. The minimum atomic E-state index is 0.201. The lowest BCUT2D eigenvalue weighted by atomic mass is 9.93. The number of nitrogens with one attached hydrogen (secondary N) is 2. The molecule has 2 aliphatic heterocycles. The van der Waals surface area contributed by atoms with Crippen molar-refractivity contribution in [2.45, 2.75) is 25.4 Å². The topological polar surface area (TPSA) is 61.0 Å². The monoisotopic (exact) mass is 330 g/mol. The molecule has 2 atom stereocenters. The number of likely N-dealkylation sites (tertiary alicyclic amines) is 1. The van der Waals surface area contributed by atoms with Crippen LogP contribution in [0.3, 0.4) is 0 Å². The fourth-order valence-electron chi connectivity index (χ4n) is 3.69. The molecule has 0 aliphatic carbocycles. The number of piperidine rings is 1. The Morgan fingerprint density at radius 3 is 2.96 bits per heavy atom. The predicted octanol–water partition coefficient (Wildman–Crippen LogP) is 2.44. The first kappa shape index (κ1) is 14.7. The number of amides is 1. The number of hydrogen-bond acceptors (Lipinski definition) is 3. The van der Waals surface area contributed by atoms with Crippen LogP contribution in [0.4, 0.5) is 0 Å². The van der Waals surface area contributed by atoms with Gasteiger partial charge < -0.3 is 5.32 Å². The van der Waals surface area contributed by atoms with E-state index in [0.717, 1.165) is 42.3 Å². The summed E-state index contributed by atoms with van der Waals surface area (Å²) in [6, 6.07) is 8.17. The van der Waals surface area contributed by atoms with Gasteiger partial charge in [-0.05, 0) is 24.1 Å². The van der Waals surface area contributed by atoms with Gasteiger partial charge in [0.2, 0.25) is 5.91 Å². The van der Waals surface area contributed by atoms with Crippen molar-refractivity contribution in [3.05, 3.63) is 41.0 Å². The van der Waals surface area contributed by atoms with Gasteiger partial charge in [-0.25, -0.2) is 0 Å². The molecule has 5 nitrogen and oxygen atoms in total. The number of rotatable bonds is 3. The number of carbonyl (C=O) groups is 1. The lowest BCUT2D eigenvalue weighted by Gasteiger charge is -2.34. The number of nitrogens with zero attached hydrogens (tertiary/aromatic N) is 2. The number of halogens is 1.